The van der Waals surface area contributed by atoms with Crippen LogP contribution in [0.5, 0.6) is 0 Å². The molecule has 0 fully saturated rings. The monoisotopic (exact) mass is 394 g/mol. The minimum absolute atomic E-state index is 0. The number of aromatic nitrogens is 3. The van der Waals surface area contributed by atoms with Crippen LogP contribution in [-0.2, 0) is 13.0 Å². The van der Waals surface area contributed by atoms with Crippen LogP contribution in [0, 0.1) is 0 Å². The van der Waals surface area contributed by atoms with E-state index >= 15 is 0 Å². The Kier molecular flexibility index (Phi) is 11.4. The highest BCUT2D eigenvalue weighted by Gasteiger charge is 2.01. The molecule has 2 N–H and O–H groups in total. The number of halogens is 1. The van der Waals surface area contributed by atoms with Gasteiger partial charge >= 0.3 is 0 Å². The molecule has 0 aliphatic carbocycles. The summed E-state index contributed by atoms with van der Waals surface area (Å²) in [6, 6.07) is 0. The van der Waals surface area contributed by atoms with Crippen molar-refractivity contribution < 1.29 is 0 Å². The predicted octanol–water partition coefficient (Wildman–Crippen LogP) is 1.81. The molecule has 0 aromatic carbocycles. The van der Waals surface area contributed by atoms with E-state index in [1.54, 1.807) is 13.4 Å². The van der Waals surface area contributed by atoms with Crippen molar-refractivity contribution >= 4 is 29.9 Å². The highest BCUT2D eigenvalue weighted by atomic mass is 127. The summed E-state index contributed by atoms with van der Waals surface area (Å²) in [7, 11) is 1.80. The third-order valence-corrected chi connectivity index (χ3v) is 2.95. The maximum atomic E-state index is 4.20. The van der Waals surface area contributed by atoms with Gasteiger partial charge in [-0.2, -0.15) is 0 Å². The largest absolute Gasteiger partial charge is 0.356 e. The zero-order valence-electron chi connectivity index (χ0n) is 12.7. The Balaban J connectivity index is 0.00000361. The van der Waals surface area contributed by atoms with Crippen molar-refractivity contribution in [1.29, 1.82) is 0 Å². The fourth-order valence-corrected chi connectivity index (χ4v) is 1.84. The number of hydrogen-bond donors (Lipinski definition) is 2. The Morgan fingerprint density at radius 3 is 2.65 bits per heavy atom. The van der Waals surface area contributed by atoms with Crippen molar-refractivity contribution in [3.63, 3.8) is 0 Å². The van der Waals surface area contributed by atoms with Crippen LogP contribution in [0.1, 0.15) is 38.9 Å². The predicted molar refractivity (Wildman–Crippen MR) is 93.7 cm³/mol. The van der Waals surface area contributed by atoms with E-state index in [9.17, 15) is 0 Å². The number of aliphatic imine (C=N–C) groups is 1. The molecular formula is C13H27IN6. The van der Waals surface area contributed by atoms with Gasteiger partial charge in [-0.25, -0.2) is 0 Å². The van der Waals surface area contributed by atoms with Crippen LogP contribution in [-0.4, -0.2) is 40.9 Å². The molecule has 0 spiro atoms. The lowest BCUT2D eigenvalue weighted by Crippen LogP contribution is -2.39. The van der Waals surface area contributed by atoms with E-state index in [1.807, 2.05) is 0 Å². The fourth-order valence-electron chi connectivity index (χ4n) is 1.84. The summed E-state index contributed by atoms with van der Waals surface area (Å²) in [6.07, 6.45) is 6.36. The van der Waals surface area contributed by atoms with Crippen molar-refractivity contribution in [3.05, 3.63) is 12.2 Å². The van der Waals surface area contributed by atoms with Crippen LogP contribution in [0.25, 0.3) is 0 Å². The summed E-state index contributed by atoms with van der Waals surface area (Å²) in [6.45, 7) is 6.93. The third kappa shape index (κ3) is 7.06. The first-order valence-electron chi connectivity index (χ1n) is 7.13. The maximum Gasteiger partial charge on any atom is 0.191 e. The van der Waals surface area contributed by atoms with Gasteiger partial charge in [-0.05, 0) is 6.42 Å². The van der Waals surface area contributed by atoms with Crippen LogP contribution in [0.4, 0.5) is 0 Å². The normalized spacial score (nSPS) is 11.1. The van der Waals surface area contributed by atoms with Crippen molar-refractivity contribution in [3.8, 4) is 0 Å². The van der Waals surface area contributed by atoms with Gasteiger partial charge in [0.2, 0.25) is 0 Å². The third-order valence-electron chi connectivity index (χ3n) is 2.95. The quantitative estimate of drug-likeness (QED) is 0.306. The second kappa shape index (κ2) is 11.9. The SMILES string of the molecule is CCCCCNC(=NC)NCCn1cnnc1CC.I. The molecule has 116 valence electrons. The maximum absolute atomic E-state index is 4.20. The first kappa shape index (κ1) is 19.1. The average molecular weight is 394 g/mol. The van der Waals surface area contributed by atoms with Crippen molar-refractivity contribution in [2.24, 2.45) is 4.99 Å². The van der Waals surface area contributed by atoms with Gasteiger partial charge in [0.25, 0.3) is 0 Å². The number of unbranched alkanes of at least 4 members (excludes halogenated alkanes) is 2. The Morgan fingerprint density at radius 2 is 2.00 bits per heavy atom. The summed E-state index contributed by atoms with van der Waals surface area (Å²) in [4.78, 5) is 4.20. The Hall–Kier alpha value is -0.860. The van der Waals surface area contributed by atoms with Crippen molar-refractivity contribution in [1.82, 2.24) is 25.4 Å². The molecule has 0 radical (unpaired) electrons. The van der Waals surface area contributed by atoms with E-state index in [0.717, 1.165) is 37.8 Å². The Labute approximate surface area is 138 Å². The van der Waals surface area contributed by atoms with E-state index in [4.69, 9.17) is 0 Å². The van der Waals surface area contributed by atoms with Crippen LogP contribution in [0.3, 0.4) is 0 Å². The van der Waals surface area contributed by atoms with Gasteiger partial charge in [-0.3, -0.25) is 4.99 Å². The van der Waals surface area contributed by atoms with Gasteiger partial charge in [0.05, 0.1) is 0 Å². The topological polar surface area (TPSA) is 67.1 Å². The molecule has 0 aliphatic rings. The number of guanidine groups is 1. The van der Waals surface area contributed by atoms with E-state index in [-0.39, 0.29) is 24.0 Å². The van der Waals surface area contributed by atoms with Gasteiger partial charge in [-0.15, -0.1) is 34.2 Å². The van der Waals surface area contributed by atoms with Gasteiger partial charge in [-0.1, -0.05) is 26.7 Å². The molecule has 0 atom stereocenters. The number of aryl methyl sites for hydroxylation is 1. The smallest absolute Gasteiger partial charge is 0.191 e. The first-order chi connectivity index (χ1) is 9.31. The van der Waals surface area contributed by atoms with E-state index < -0.39 is 0 Å². The highest BCUT2D eigenvalue weighted by Crippen LogP contribution is 1.94. The van der Waals surface area contributed by atoms with Gasteiger partial charge in [0, 0.05) is 33.1 Å². The van der Waals surface area contributed by atoms with E-state index in [2.05, 4.69) is 44.2 Å². The molecule has 20 heavy (non-hydrogen) atoms. The minimum atomic E-state index is 0. The molecule has 1 aromatic rings. The summed E-state index contributed by atoms with van der Waals surface area (Å²) in [5, 5.41) is 14.6. The molecular weight excluding hydrogens is 367 g/mol. The first-order valence-corrected chi connectivity index (χ1v) is 7.13. The molecule has 0 saturated carbocycles. The van der Waals surface area contributed by atoms with E-state index in [1.165, 1.54) is 19.3 Å². The molecule has 0 aliphatic heterocycles. The molecule has 0 saturated heterocycles. The molecule has 1 aromatic heterocycles. The highest BCUT2D eigenvalue weighted by molar-refractivity contribution is 14.0. The van der Waals surface area contributed by atoms with Crippen LogP contribution in [0.2, 0.25) is 0 Å². The Morgan fingerprint density at radius 1 is 1.25 bits per heavy atom. The average Bonchev–Trinajstić information content (AvgIpc) is 2.89. The van der Waals surface area contributed by atoms with Gasteiger partial charge in [0.15, 0.2) is 5.96 Å². The number of hydrogen-bond acceptors (Lipinski definition) is 3. The zero-order chi connectivity index (χ0) is 13.9. The van der Waals surface area contributed by atoms with Crippen LogP contribution >= 0.6 is 24.0 Å². The van der Waals surface area contributed by atoms with Crippen LogP contribution < -0.4 is 10.6 Å². The van der Waals surface area contributed by atoms with Gasteiger partial charge in [0.1, 0.15) is 12.2 Å². The lowest BCUT2D eigenvalue weighted by molar-refractivity contribution is 0.627. The van der Waals surface area contributed by atoms with Crippen molar-refractivity contribution in [2.45, 2.75) is 46.1 Å². The minimum Gasteiger partial charge on any atom is -0.356 e. The molecule has 0 bridgehead atoms. The second-order valence-electron chi connectivity index (χ2n) is 4.43. The summed E-state index contributed by atoms with van der Waals surface area (Å²) < 4.78 is 2.07. The number of rotatable bonds is 8. The fraction of sp³-hybridized carbons (Fsp3) is 0.769. The van der Waals surface area contributed by atoms with Crippen LogP contribution in [0.15, 0.2) is 11.3 Å². The Bertz CT molecular complexity index is 377. The summed E-state index contributed by atoms with van der Waals surface area (Å²) >= 11 is 0. The lowest BCUT2D eigenvalue weighted by atomic mass is 10.2. The molecule has 1 heterocycles. The summed E-state index contributed by atoms with van der Waals surface area (Å²) in [5.74, 6) is 1.88. The number of nitrogens with zero attached hydrogens (tertiary/aromatic N) is 4. The molecule has 7 heteroatoms. The van der Waals surface area contributed by atoms with Gasteiger partial charge < -0.3 is 15.2 Å². The zero-order valence-corrected chi connectivity index (χ0v) is 15.1. The summed E-state index contributed by atoms with van der Waals surface area (Å²) in [5.41, 5.74) is 0. The number of nitrogens with one attached hydrogen (secondary N) is 2. The molecule has 1 rings (SSSR count). The van der Waals surface area contributed by atoms with E-state index in [0.29, 0.717) is 0 Å². The molecule has 0 unspecified atom stereocenters. The molecule has 0 amide bonds. The second-order valence-corrected chi connectivity index (χ2v) is 4.43. The lowest BCUT2D eigenvalue weighted by Gasteiger charge is -2.12. The van der Waals surface area contributed by atoms with Crippen molar-refractivity contribution in [2.75, 3.05) is 20.1 Å². The standard InChI is InChI=1S/C13H26N6.HI/c1-4-6-7-8-15-13(14-3)16-9-10-19-11-17-18-12(19)5-2;/h11H,4-10H2,1-3H3,(H2,14,15,16);1H. The molecule has 6 nitrogen and oxygen atoms in total.